The highest BCUT2D eigenvalue weighted by molar-refractivity contribution is 5.96. The summed E-state index contributed by atoms with van der Waals surface area (Å²) in [4.78, 5) is 19.0. The predicted molar refractivity (Wildman–Crippen MR) is 127 cm³/mol. The van der Waals surface area contributed by atoms with Crippen LogP contribution in [0.2, 0.25) is 0 Å². The lowest BCUT2D eigenvalue weighted by Crippen LogP contribution is -2.36. The van der Waals surface area contributed by atoms with Gasteiger partial charge in [0.15, 0.2) is 5.82 Å². The van der Waals surface area contributed by atoms with E-state index in [-0.39, 0.29) is 5.56 Å². The number of rotatable bonds is 6. The SMILES string of the molecule is CN(Cc1ccccc1)C1CCc2nn(-c3ccccn3)c(-c3ccccc3C(=O)O)c2C1. The summed E-state index contributed by atoms with van der Waals surface area (Å²) in [5.74, 6) is -0.252. The number of aryl methyl sites for hydroxylation is 1. The van der Waals surface area contributed by atoms with Gasteiger partial charge in [-0.1, -0.05) is 54.6 Å². The Kier molecular flexibility index (Phi) is 5.75. The zero-order chi connectivity index (χ0) is 22.8. The highest BCUT2D eigenvalue weighted by Gasteiger charge is 2.31. The Hall–Kier alpha value is -3.77. The Morgan fingerprint density at radius 2 is 1.82 bits per heavy atom. The number of hydrogen-bond acceptors (Lipinski definition) is 4. The molecule has 2 aromatic carbocycles. The molecule has 5 rings (SSSR count). The Labute approximate surface area is 193 Å². The Bertz CT molecular complexity index is 1270. The molecule has 1 aliphatic rings. The van der Waals surface area contributed by atoms with Crippen LogP contribution in [0, 0.1) is 0 Å². The van der Waals surface area contributed by atoms with E-state index in [0.717, 1.165) is 42.8 Å². The molecular formula is C27H26N4O2. The number of aromatic carboxylic acids is 1. The van der Waals surface area contributed by atoms with Gasteiger partial charge in [0.2, 0.25) is 0 Å². The van der Waals surface area contributed by atoms with E-state index in [1.807, 2.05) is 41.1 Å². The van der Waals surface area contributed by atoms with E-state index in [9.17, 15) is 9.90 Å². The van der Waals surface area contributed by atoms with Gasteiger partial charge in [0.25, 0.3) is 0 Å². The highest BCUT2D eigenvalue weighted by Crippen LogP contribution is 2.36. The fourth-order valence-corrected chi connectivity index (χ4v) is 4.73. The number of pyridine rings is 1. The van der Waals surface area contributed by atoms with E-state index in [4.69, 9.17) is 5.10 Å². The fourth-order valence-electron chi connectivity index (χ4n) is 4.73. The van der Waals surface area contributed by atoms with Crippen LogP contribution < -0.4 is 0 Å². The van der Waals surface area contributed by atoms with E-state index in [1.165, 1.54) is 5.56 Å². The summed E-state index contributed by atoms with van der Waals surface area (Å²) in [5.41, 5.74) is 5.21. The van der Waals surface area contributed by atoms with Gasteiger partial charge in [-0.05, 0) is 50.1 Å². The first-order valence-electron chi connectivity index (χ1n) is 11.2. The standard InChI is InChI=1S/C27H26N4O2/c1-30(18-19-9-3-2-4-10-19)20-14-15-24-23(17-20)26(21-11-5-6-12-22(21)27(32)33)31(29-24)25-13-7-8-16-28-25/h2-13,16,20H,14-15,17-18H2,1H3,(H,32,33). The number of hydrogen-bond donors (Lipinski definition) is 1. The molecule has 0 bridgehead atoms. The van der Waals surface area contributed by atoms with E-state index >= 15 is 0 Å². The van der Waals surface area contributed by atoms with Crippen molar-refractivity contribution in [1.29, 1.82) is 0 Å². The summed E-state index contributed by atoms with van der Waals surface area (Å²) in [6, 6.07) is 23.7. The number of benzene rings is 2. The molecule has 0 fully saturated rings. The second kappa shape index (κ2) is 9.00. The zero-order valence-electron chi connectivity index (χ0n) is 18.6. The Morgan fingerprint density at radius 1 is 1.06 bits per heavy atom. The molecule has 33 heavy (non-hydrogen) atoms. The van der Waals surface area contributed by atoms with Crippen molar-refractivity contribution in [2.24, 2.45) is 0 Å². The van der Waals surface area contributed by atoms with Gasteiger partial charge < -0.3 is 5.11 Å². The fraction of sp³-hybridized carbons (Fsp3) is 0.222. The lowest BCUT2D eigenvalue weighted by atomic mass is 9.88. The van der Waals surface area contributed by atoms with Gasteiger partial charge in [0, 0.05) is 29.9 Å². The van der Waals surface area contributed by atoms with Crippen molar-refractivity contribution in [1.82, 2.24) is 19.7 Å². The molecule has 2 heterocycles. The first-order valence-corrected chi connectivity index (χ1v) is 11.2. The molecule has 1 N–H and O–H groups in total. The third kappa shape index (κ3) is 4.17. The van der Waals surface area contributed by atoms with Crippen molar-refractivity contribution in [3.05, 3.63) is 101 Å². The monoisotopic (exact) mass is 438 g/mol. The molecular weight excluding hydrogens is 412 g/mol. The molecule has 6 nitrogen and oxygen atoms in total. The average Bonchev–Trinajstić information content (AvgIpc) is 3.24. The molecule has 4 aromatic rings. The molecule has 166 valence electrons. The second-order valence-corrected chi connectivity index (χ2v) is 8.52. The number of likely N-dealkylation sites (N-methyl/N-ethyl adjacent to an activating group) is 1. The summed E-state index contributed by atoms with van der Waals surface area (Å²) < 4.78 is 1.83. The van der Waals surface area contributed by atoms with Crippen LogP contribution in [0.4, 0.5) is 0 Å². The van der Waals surface area contributed by atoms with E-state index < -0.39 is 5.97 Å². The molecule has 0 spiro atoms. The summed E-state index contributed by atoms with van der Waals surface area (Å²) in [7, 11) is 2.16. The third-order valence-electron chi connectivity index (χ3n) is 6.40. The Morgan fingerprint density at radius 3 is 2.58 bits per heavy atom. The van der Waals surface area contributed by atoms with Gasteiger partial charge in [-0.2, -0.15) is 5.10 Å². The van der Waals surface area contributed by atoms with Gasteiger partial charge in [-0.25, -0.2) is 14.5 Å². The van der Waals surface area contributed by atoms with Crippen molar-refractivity contribution in [2.75, 3.05) is 7.05 Å². The molecule has 1 unspecified atom stereocenters. The van der Waals surface area contributed by atoms with Crippen molar-refractivity contribution >= 4 is 5.97 Å². The lowest BCUT2D eigenvalue weighted by Gasteiger charge is -2.31. The molecule has 0 amide bonds. The van der Waals surface area contributed by atoms with Gasteiger partial charge in [-0.15, -0.1) is 0 Å². The molecule has 0 saturated heterocycles. The highest BCUT2D eigenvalue weighted by atomic mass is 16.4. The molecule has 0 saturated carbocycles. The van der Waals surface area contributed by atoms with Crippen molar-refractivity contribution in [3.63, 3.8) is 0 Å². The summed E-state index contributed by atoms with van der Waals surface area (Å²) in [5, 5.41) is 14.8. The normalized spacial score (nSPS) is 15.4. The van der Waals surface area contributed by atoms with Crippen LogP contribution in [0.5, 0.6) is 0 Å². The summed E-state index contributed by atoms with van der Waals surface area (Å²) in [6.45, 7) is 0.871. The molecule has 6 heteroatoms. The molecule has 1 aliphatic carbocycles. The number of aromatic nitrogens is 3. The number of carboxylic acid groups (broad SMARTS) is 1. The van der Waals surface area contributed by atoms with Crippen molar-refractivity contribution in [3.8, 4) is 17.1 Å². The third-order valence-corrected chi connectivity index (χ3v) is 6.40. The number of carboxylic acids is 1. The van der Waals surface area contributed by atoms with Crippen LogP contribution >= 0.6 is 0 Å². The molecule has 1 atom stereocenters. The van der Waals surface area contributed by atoms with Gasteiger partial charge in [0.05, 0.1) is 17.0 Å². The molecule has 0 radical (unpaired) electrons. The van der Waals surface area contributed by atoms with E-state index in [1.54, 1.807) is 18.3 Å². The van der Waals surface area contributed by atoms with Crippen LogP contribution in [0.25, 0.3) is 17.1 Å². The maximum absolute atomic E-state index is 12.1. The summed E-state index contributed by atoms with van der Waals surface area (Å²) >= 11 is 0. The van der Waals surface area contributed by atoms with E-state index in [2.05, 4.69) is 41.2 Å². The topological polar surface area (TPSA) is 71.2 Å². The average molecular weight is 439 g/mol. The smallest absolute Gasteiger partial charge is 0.336 e. The van der Waals surface area contributed by atoms with Crippen LogP contribution in [0.15, 0.2) is 79.0 Å². The first kappa shape index (κ1) is 21.1. The minimum atomic E-state index is -0.943. The van der Waals surface area contributed by atoms with Gasteiger partial charge in [0.1, 0.15) is 0 Å². The first-order chi connectivity index (χ1) is 16.1. The van der Waals surface area contributed by atoms with E-state index in [0.29, 0.717) is 17.4 Å². The molecule has 2 aromatic heterocycles. The minimum Gasteiger partial charge on any atom is -0.478 e. The number of carbonyl (C=O) groups is 1. The van der Waals surface area contributed by atoms with Crippen LogP contribution in [-0.4, -0.2) is 43.8 Å². The lowest BCUT2D eigenvalue weighted by molar-refractivity contribution is 0.0697. The largest absolute Gasteiger partial charge is 0.478 e. The number of fused-ring (bicyclic) bond motifs is 1. The van der Waals surface area contributed by atoms with Crippen LogP contribution in [-0.2, 0) is 19.4 Å². The maximum Gasteiger partial charge on any atom is 0.336 e. The quantitative estimate of drug-likeness (QED) is 0.476. The van der Waals surface area contributed by atoms with Crippen LogP contribution in [0.1, 0.15) is 33.6 Å². The predicted octanol–water partition coefficient (Wildman–Crippen LogP) is 4.62. The minimum absolute atomic E-state index is 0.275. The van der Waals surface area contributed by atoms with Crippen molar-refractivity contribution in [2.45, 2.75) is 31.8 Å². The number of nitrogens with zero attached hydrogens (tertiary/aromatic N) is 4. The van der Waals surface area contributed by atoms with Crippen molar-refractivity contribution < 1.29 is 9.90 Å². The second-order valence-electron chi connectivity index (χ2n) is 8.52. The maximum atomic E-state index is 12.1. The van der Waals surface area contributed by atoms with Gasteiger partial charge >= 0.3 is 5.97 Å². The van der Waals surface area contributed by atoms with Crippen LogP contribution in [0.3, 0.4) is 0 Å². The molecule has 0 aliphatic heterocycles. The van der Waals surface area contributed by atoms with Gasteiger partial charge in [-0.3, -0.25) is 4.90 Å². The summed E-state index contributed by atoms with van der Waals surface area (Å²) in [6.07, 6.45) is 4.41. The Balaban J connectivity index is 1.58. The zero-order valence-corrected chi connectivity index (χ0v) is 18.6.